The van der Waals surface area contributed by atoms with Crippen LogP contribution in [0.25, 0.3) is 11.1 Å². The molecule has 0 spiro atoms. The van der Waals surface area contributed by atoms with Gasteiger partial charge in [0.2, 0.25) is 0 Å². The monoisotopic (exact) mass is 383 g/mol. The van der Waals surface area contributed by atoms with Gasteiger partial charge in [0.1, 0.15) is 13.2 Å². The van der Waals surface area contributed by atoms with E-state index in [0.717, 1.165) is 27.2 Å². The Bertz CT molecular complexity index is 864. The smallest absolute Gasteiger partial charge is 0.410 e. The third kappa shape index (κ3) is 3.83. The van der Waals surface area contributed by atoms with Crippen LogP contribution in [0.3, 0.4) is 0 Å². The van der Waals surface area contributed by atoms with Crippen LogP contribution in [-0.2, 0) is 19.1 Å². The van der Waals surface area contributed by atoms with Crippen molar-refractivity contribution in [1.29, 1.82) is 0 Å². The van der Waals surface area contributed by atoms with Crippen molar-refractivity contribution in [2.24, 2.45) is 0 Å². The van der Waals surface area contributed by atoms with Gasteiger partial charge in [0.15, 0.2) is 6.04 Å². The van der Waals surface area contributed by atoms with Crippen LogP contribution in [0.4, 0.5) is 4.79 Å². The van der Waals surface area contributed by atoms with Gasteiger partial charge in [-0.1, -0.05) is 48.5 Å². The number of likely N-dealkylation sites (N-methyl/N-ethyl adjacent to an activating group) is 1. The van der Waals surface area contributed by atoms with Crippen molar-refractivity contribution in [3.05, 3.63) is 59.7 Å². The summed E-state index contributed by atoms with van der Waals surface area (Å²) in [6, 6.07) is 14.5. The van der Waals surface area contributed by atoms with Crippen molar-refractivity contribution in [2.75, 3.05) is 20.3 Å². The second kappa shape index (κ2) is 8.12. The van der Waals surface area contributed by atoms with E-state index in [2.05, 4.69) is 0 Å². The number of hydrogen-bond donors (Lipinski definition) is 1. The van der Waals surface area contributed by atoms with Crippen LogP contribution in [0.2, 0.25) is 0 Å². The summed E-state index contributed by atoms with van der Waals surface area (Å²) >= 11 is 0. The van der Waals surface area contributed by atoms with Crippen molar-refractivity contribution < 1.29 is 29.0 Å². The molecule has 0 saturated carbocycles. The molecule has 0 aromatic heterocycles. The Morgan fingerprint density at radius 3 is 2.04 bits per heavy atom. The van der Waals surface area contributed by atoms with Crippen molar-refractivity contribution in [1.82, 2.24) is 4.90 Å². The Morgan fingerprint density at radius 2 is 1.54 bits per heavy atom. The number of rotatable bonds is 6. The van der Waals surface area contributed by atoms with Gasteiger partial charge in [-0.15, -0.1) is 0 Å². The van der Waals surface area contributed by atoms with Crippen LogP contribution >= 0.6 is 0 Å². The first-order chi connectivity index (χ1) is 13.4. The molecule has 0 bridgehead atoms. The summed E-state index contributed by atoms with van der Waals surface area (Å²) in [4.78, 5) is 35.7. The zero-order valence-corrected chi connectivity index (χ0v) is 15.6. The molecule has 146 valence electrons. The first kappa shape index (κ1) is 19.4. The Hall–Kier alpha value is -3.35. The average Bonchev–Trinajstić information content (AvgIpc) is 2.99. The molecule has 1 aliphatic rings. The highest BCUT2D eigenvalue weighted by Crippen LogP contribution is 2.44. The fourth-order valence-electron chi connectivity index (χ4n) is 3.37. The van der Waals surface area contributed by atoms with Gasteiger partial charge in [-0.3, -0.25) is 9.69 Å². The molecule has 1 N–H and O–H groups in total. The lowest BCUT2D eigenvalue weighted by atomic mass is 9.98. The summed E-state index contributed by atoms with van der Waals surface area (Å²) in [5.74, 6) is -2.02. The third-order valence-electron chi connectivity index (χ3n) is 4.82. The largest absolute Gasteiger partial charge is 0.480 e. The first-order valence-corrected chi connectivity index (χ1v) is 8.84. The quantitative estimate of drug-likeness (QED) is 0.771. The topological polar surface area (TPSA) is 93.1 Å². The molecule has 28 heavy (non-hydrogen) atoms. The van der Waals surface area contributed by atoms with Crippen LogP contribution < -0.4 is 0 Å². The van der Waals surface area contributed by atoms with Crippen molar-refractivity contribution in [3.8, 4) is 11.1 Å². The zero-order chi connectivity index (χ0) is 20.3. The number of esters is 1. The number of fused-ring (bicyclic) bond motifs is 3. The third-order valence-corrected chi connectivity index (χ3v) is 4.82. The second-order valence-corrected chi connectivity index (χ2v) is 6.57. The first-order valence-electron chi connectivity index (χ1n) is 8.84. The standard InChI is InChI=1S/C21H21NO6/c1-13(23)27-12-19(20(24)25)22(2)21(26)28-11-18-16-9-5-3-7-14(16)15-8-4-6-10-17(15)18/h3-10,18-19H,11-12H2,1-2H3,(H,24,25)/t19-/m0/s1. The minimum atomic E-state index is -1.32. The van der Waals surface area contributed by atoms with Gasteiger partial charge in [0.05, 0.1) is 0 Å². The molecule has 2 aromatic rings. The number of nitrogens with zero attached hydrogens (tertiary/aromatic N) is 1. The van der Waals surface area contributed by atoms with E-state index in [1.807, 2.05) is 48.5 Å². The maximum atomic E-state index is 12.4. The fraction of sp³-hybridized carbons (Fsp3) is 0.286. The summed E-state index contributed by atoms with van der Waals surface area (Å²) in [5.41, 5.74) is 4.33. The van der Waals surface area contributed by atoms with Gasteiger partial charge >= 0.3 is 18.0 Å². The number of hydrogen-bond acceptors (Lipinski definition) is 5. The highest BCUT2D eigenvalue weighted by molar-refractivity contribution is 5.81. The number of aliphatic carboxylic acids is 1. The molecule has 0 heterocycles. The van der Waals surface area contributed by atoms with E-state index >= 15 is 0 Å². The maximum absolute atomic E-state index is 12.4. The Kier molecular flexibility index (Phi) is 5.63. The molecular formula is C21H21NO6. The fourth-order valence-corrected chi connectivity index (χ4v) is 3.37. The number of amides is 1. The Labute approximate surface area is 162 Å². The van der Waals surface area contributed by atoms with E-state index in [0.29, 0.717) is 0 Å². The lowest BCUT2D eigenvalue weighted by Gasteiger charge is -2.24. The lowest BCUT2D eigenvalue weighted by molar-refractivity contribution is -0.150. The van der Waals surface area contributed by atoms with E-state index in [1.165, 1.54) is 14.0 Å². The van der Waals surface area contributed by atoms with Gasteiger partial charge in [-0.05, 0) is 22.3 Å². The Morgan fingerprint density at radius 1 is 1.00 bits per heavy atom. The van der Waals surface area contributed by atoms with Crippen LogP contribution in [0, 0.1) is 0 Å². The van der Waals surface area contributed by atoms with Crippen molar-refractivity contribution in [2.45, 2.75) is 18.9 Å². The van der Waals surface area contributed by atoms with Gasteiger partial charge in [-0.25, -0.2) is 9.59 Å². The minimum absolute atomic E-state index is 0.0805. The van der Waals surface area contributed by atoms with E-state index < -0.39 is 30.7 Å². The van der Waals surface area contributed by atoms with E-state index in [1.54, 1.807) is 0 Å². The molecule has 1 aliphatic carbocycles. The number of carbonyl (C=O) groups is 3. The molecule has 3 rings (SSSR count). The molecule has 7 nitrogen and oxygen atoms in total. The summed E-state index contributed by atoms with van der Waals surface area (Å²) in [7, 11) is 1.31. The predicted octanol–water partition coefficient (Wildman–Crippen LogP) is 2.88. The molecule has 0 saturated heterocycles. The number of carbonyl (C=O) groups excluding carboxylic acids is 2. The molecule has 0 fully saturated rings. The van der Waals surface area contributed by atoms with Crippen LogP contribution in [0.15, 0.2) is 48.5 Å². The van der Waals surface area contributed by atoms with Gasteiger partial charge in [0, 0.05) is 19.9 Å². The van der Waals surface area contributed by atoms with E-state index in [4.69, 9.17) is 9.47 Å². The Balaban J connectivity index is 1.72. The van der Waals surface area contributed by atoms with Gasteiger partial charge in [0.25, 0.3) is 0 Å². The minimum Gasteiger partial charge on any atom is -0.480 e. The predicted molar refractivity (Wildman–Crippen MR) is 101 cm³/mol. The molecule has 0 unspecified atom stereocenters. The molecule has 7 heteroatoms. The number of carboxylic acids is 1. The number of benzene rings is 2. The molecule has 1 atom stereocenters. The van der Waals surface area contributed by atoms with Crippen LogP contribution in [0.1, 0.15) is 24.0 Å². The second-order valence-electron chi connectivity index (χ2n) is 6.57. The molecule has 0 aliphatic heterocycles. The van der Waals surface area contributed by atoms with E-state index in [-0.39, 0.29) is 12.5 Å². The normalized spacial score (nSPS) is 13.2. The highest BCUT2D eigenvalue weighted by atomic mass is 16.6. The maximum Gasteiger partial charge on any atom is 0.410 e. The molecular weight excluding hydrogens is 362 g/mol. The lowest BCUT2D eigenvalue weighted by Crippen LogP contribution is -2.46. The summed E-state index contributed by atoms with van der Waals surface area (Å²) in [6.45, 7) is 0.814. The average molecular weight is 383 g/mol. The summed E-state index contributed by atoms with van der Waals surface area (Å²) in [5, 5.41) is 9.30. The highest BCUT2D eigenvalue weighted by Gasteiger charge is 2.32. The molecule has 2 aromatic carbocycles. The van der Waals surface area contributed by atoms with E-state index in [9.17, 15) is 19.5 Å². The van der Waals surface area contributed by atoms with Gasteiger partial charge in [-0.2, -0.15) is 0 Å². The van der Waals surface area contributed by atoms with Crippen molar-refractivity contribution >= 4 is 18.0 Å². The molecule has 0 radical (unpaired) electrons. The van der Waals surface area contributed by atoms with Crippen LogP contribution in [-0.4, -0.2) is 54.3 Å². The molecule has 1 amide bonds. The van der Waals surface area contributed by atoms with Gasteiger partial charge < -0.3 is 14.6 Å². The zero-order valence-electron chi connectivity index (χ0n) is 15.6. The number of carboxylic acid groups (broad SMARTS) is 1. The summed E-state index contributed by atoms with van der Waals surface area (Å²) < 4.78 is 10.2. The number of ether oxygens (including phenoxy) is 2. The SMILES string of the molecule is CC(=O)OC[C@@H](C(=O)O)N(C)C(=O)OCC1c2ccccc2-c2ccccc21. The summed E-state index contributed by atoms with van der Waals surface area (Å²) in [6.07, 6.45) is -0.790. The van der Waals surface area contributed by atoms with Crippen molar-refractivity contribution in [3.63, 3.8) is 0 Å². The van der Waals surface area contributed by atoms with Crippen LogP contribution in [0.5, 0.6) is 0 Å².